The summed E-state index contributed by atoms with van der Waals surface area (Å²) in [4.78, 5) is 10.6. The Morgan fingerprint density at radius 2 is 1.83 bits per heavy atom. The number of methoxy groups -OCH3 is 1. The van der Waals surface area contributed by atoms with Gasteiger partial charge in [0.05, 0.1) is 12.7 Å². The van der Waals surface area contributed by atoms with Gasteiger partial charge in [0, 0.05) is 0 Å². The molecule has 0 radical (unpaired) electrons. The first-order valence-electron chi connectivity index (χ1n) is 5.28. The van der Waals surface area contributed by atoms with Crippen molar-refractivity contribution < 1.29 is 19.0 Å². The van der Waals surface area contributed by atoms with Crippen LogP contribution in [0.4, 0.5) is 4.39 Å². The molecule has 0 heterocycles. The van der Waals surface area contributed by atoms with Crippen LogP contribution in [-0.2, 0) is 0 Å². The van der Waals surface area contributed by atoms with Gasteiger partial charge in [-0.3, -0.25) is 4.79 Å². The summed E-state index contributed by atoms with van der Waals surface area (Å²) < 4.78 is 18.2. The third kappa shape index (κ3) is 2.18. The number of carbonyl (C=O) groups excluding carboxylic acids is 1. The Morgan fingerprint density at radius 1 is 1.17 bits per heavy atom. The van der Waals surface area contributed by atoms with Gasteiger partial charge >= 0.3 is 0 Å². The van der Waals surface area contributed by atoms with Gasteiger partial charge < -0.3 is 9.84 Å². The quantitative estimate of drug-likeness (QED) is 0.847. The molecule has 1 N–H and O–H groups in total. The van der Waals surface area contributed by atoms with Crippen molar-refractivity contribution in [1.82, 2.24) is 0 Å². The van der Waals surface area contributed by atoms with Crippen LogP contribution in [0.2, 0.25) is 0 Å². The van der Waals surface area contributed by atoms with Gasteiger partial charge in [0.15, 0.2) is 17.9 Å². The summed E-state index contributed by atoms with van der Waals surface area (Å²) in [7, 11) is 1.38. The smallest absolute Gasteiger partial charge is 0.165 e. The van der Waals surface area contributed by atoms with Gasteiger partial charge in [-0.05, 0) is 35.4 Å². The van der Waals surface area contributed by atoms with E-state index in [-0.39, 0.29) is 17.1 Å². The van der Waals surface area contributed by atoms with Crippen LogP contribution in [0.1, 0.15) is 10.4 Å². The van der Waals surface area contributed by atoms with Gasteiger partial charge in [-0.1, -0.05) is 12.1 Å². The molecule has 0 fully saturated rings. The first-order valence-corrected chi connectivity index (χ1v) is 5.28. The third-order valence-corrected chi connectivity index (χ3v) is 2.64. The number of benzene rings is 2. The molecule has 0 aliphatic heterocycles. The molecule has 92 valence electrons. The van der Waals surface area contributed by atoms with E-state index in [1.54, 1.807) is 12.1 Å². The Kier molecular flexibility index (Phi) is 3.28. The minimum absolute atomic E-state index is 0.106. The standard InChI is InChI=1S/C14H11FO3/c1-18-14-7-10(4-5-12(14)15)9-2-3-11(8-16)13(17)6-9/h2-8,17H,1H3. The first kappa shape index (κ1) is 12.1. The predicted molar refractivity (Wildman–Crippen MR) is 65.4 cm³/mol. The number of aromatic hydroxyl groups is 1. The molecule has 0 unspecified atom stereocenters. The van der Waals surface area contributed by atoms with E-state index in [2.05, 4.69) is 0 Å². The topological polar surface area (TPSA) is 46.5 Å². The van der Waals surface area contributed by atoms with Gasteiger partial charge in [0.25, 0.3) is 0 Å². The minimum atomic E-state index is -0.449. The molecule has 0 atom stereocenters. The van der Waals surface area contributed by atoms with Gasteiger partial charge in [-0.25, -0.2) is 4.39 Å². The summed E-state index contributed by atoms with van der Waals surface area (Å²) in [6.45, 7) is 0. The number of phenols is 1. The first-order chi connectivity index (χ1) is 8.65. The summed E-state index contributed by atoms with van der Waals surface area (Å²) in [5, 5.41) is 9.60. The minimum Gasteiger partial charge on any atom is -0.507 e. The van der Waals surface area contributed by atoms with Gasteiger partial charge in [0.2, 0.25) is 0 Å². The van der Waals surface area contributed by atoms with Crippen molar-refractivity contribution in [2.75, 3.05) is 7.11 Å². The Bertz CT molecular complexity index is 594. The summed E-state index contributed by atoms with van der Waals surface area (Å²) in [5.41, 5.74) is 1.59. The average Bonchev–Trinajstić information content (AvgIpc) is 2.39. The van der Waals surface area contributed by atoms with Crippen molar-refractivity contribution in [1.29, 1.82) is 0 Å². The van der Waals surface area contributed by atoms with Gasteiger partial charge in [-0.15, -0.1) is 0 Å². The van der Waals surface area contributed by atoms with Crippen LogP contribution >= 0.6 is 0 Å². The van der Waals surface area contributed by atoms with Crippen LogP contribution in [-0.4, -0.2) is 18.5 Å². The molecule has 2 rings (SSSR count). The lowest BCUT2D eigenvalue weighted by Gasteiger charge is -2.07. The highest BCUT2D eigenvalue weighted by atomic mass is 19.1. The molecule has 0 bridgehead atoms. The van der Waals surface area contributed by atoms with Crippen molar-refractivity contribution in [3.05, 3.63) is 47.8 Å². The Morgan fingerprint density at radius 3 is 2.44 bits per heavy atom. The van der Waals surface area contributed by atoms with E-state index >= 15 is 0 Å². The molecule has 0 saturated heterocycles. The molecule has 2 aromatic rings. The average molecular weight is 246 g/mol. The van der Waals surface area contributed by atoms with Crippen LogP contribution < -0.4 is 4.74 Å². The van der Waals surface area contributed by atoms with Crippen LogP contribution in [0, 0.1) is 5.82 Å². The van der Waals surface area contributed by atoms with Crippen molar-refractivity contribution in [2.24, 2.45) is 0 Å². The fraction of sp³-hybridized carbons (Fsp3) is 0.0714. The molecule has 0 aromatic heterocycles. The number of rotatable bonds is 3. The second kappa shape index (κ2) is 4.87. The van der Waals surface area contributed by atoms with E-state index in [1.807, 2.05) is 0 Å². The fourth-order valence-corrected chi connectivity index (χ4v) is 1.66. The Balaban J connectivity index is 2.48. The molecular formula is C14H11FO3. The number of carbonyl (C=O) groups is 1. The number of phenolic OH excluding ortho intramolecular Hbond substituents is 1. The summed E-state index contributed by atoms with van der Waals surface area (Å²) in [6.07, 6.45) is 0.574. The van der Waals surface area contributed by atoms with Crippen molar-refractivity contribution >= 4 is 6.29 Å². The maximum Gasteiger partial charge on any atom is 0.165 e. The lowest BCUT2D eigenvalue weighted by Crippen LogP contribution is -1.89. The molecule has 0 aliphatic carbocycles. The molecule has 0 amide bonds. The van der Waals surface area contributed by atoms with E-state index in [1.165, 1.54) is 31.4 Å². The molecule has 3 nitrogen and oxygen atoms in total. The molecule has 2 aromatic carbocycles. The SMILES string of the molecule is COc1cc(-c2ccc(C=O)c(O)c2)ccc1F. The Hall–Kier alpha value is -2.36. The van der Waals surface area contributed by atoms with Gasteiger partial charge in [-0.2, -0.15) is 0 Å². The zero-order chi connectivity index (χ0) is 13.1. The van der Waals surface area contributed by atoms with Gasteiger partial charge in [0.1, 0.15) is 5.75 Å². The zero-order valence-corrected chi connectivity index (χ0v) is 9.68. The molecule has 0 saturated carbocycles. The number of hydrogen-bond acceptors (Lipinski definition) is 3. The van der Waals surface area contributed by atoms with Crippen molar-refractivity contribution in [3.8, 4) is 22.6 Å². The molecule has 0 spiro atoms. The highest BCUT2D eigenvalue weighted by molar-refractivity contribution is 5.81. The summed E-state index contributed by atoms with van der Waals surface area (Å²) in [5.74, 6) is -0.424. The second-order valence-corrected chi connectivity index (χ2v) is 3.74. The fourth-order valence-electron chi connectivity index (χ4n) is 1.66. The van der Waals surface area contributed by atoms with E-state index in [0.717, 1.165) is 0 Å². The van der Waals surface area contributed by atoms with E-state index in [0.29, 0.717) is 17.4 Å². The number of hydrogen-bond donors (Lipinski definition) is 1. The number of halogens is 1. The maximum atomic E-state index is 13.3. The van der Waals surface area contributed by atoms with Crippen molar-refractivity contribution in [3.63, 3.8) is 0 Å². The molecular weight excluding hydrogens is 235 g/mol. The summed E-state index contributed by atoms with van der Waals surface area (Å²) in [6, 6.07) is 9.04. The molecule has 4 heteroatoms. The third-order valence-electron chi connectivity index (χ3n) is 2.64. The van der Waals surface area contributed by atoms with E-state index in [4.69, 9.17) is 4.74 Å². The van der Waals surface area contributed by atoms with Crippen LogP contribution in [0.15, 0.2) is 36.4 Å². The van der Waals surface area contributed by atoms with Crippen molar-refractivity contribution in [2.45, 2.75) is 0 Å². The van der Waals surface area contributed by atoms with Crippen LogP contribution in [0.3, 0.4) is 0 Å². The largest absolute Gasteiger partial charge is 0.507 e. The Labute approximate surface area is 103 Å². The molecule has 18 heavy (non-hydrogen) atoms. The predicted octanol–water partition coefficient (Wildman–Crippen LogP) is 3.02. The van der Waals surface area contributed by atoms with E-state index in [9.17, 15) is 14.3 Å². The highest BCUT2D eigenvalue weighted by Gasteiger charge is 2.07. The molecule has 0 aliphatic rings. The number of aldehydes is 1. The highest BCUT2D eigenvalue weighted by Crippen LogP contribution is 2.29. The normalized spacial score (nSPS) is 10.1. The summed E-state index contributed by atoms with van der Waals surface area (Å²) >= 11 is 0. The monoisotopic (exact) mass is 246 g/mol. The number of ether oxygens (including phenoxy) is 1. The lowest BCUT2D eigenvalue weighted by molar-refractivity contribution is 0.112. The maximum absolute atomic E-state index is 13.3. The zero-order valence-electron chi connectivity index (χ0n) is 9.68. The van der Waals surface area contributed by atoms with E-state index < -0.39 is 5.82 Å². The second-order valence-electron chi connectivity index (χ2n) is 3.74. The lowest BCUT2D eigenvalue weighted by atomic mass is 10.0. The van der Waals surface area contributed by atoms with Crippen LogP contribution in [0.25, 0.3) is 11.1 Å². The van der Waals surface area contributed by atoms with Crippen LogP contribution in [0.5, 0.6) is 11.5 Å².